The van der Waals surface area contributed by atoms with Gasteiger partial charge in [0.15, 0.2) is 0 Å². The second-order valence-electron chi connectivity index (χ2n) is 10.0. The van der Waals surface area contributed by atoms with E-state index in [1.54, 1.807) is 0 Å². The fourth-order valence-electron chi connectivity index (χ4n) is 4.22. The minimum absolute atomic E-state index is 0.0650. The molecule has 1 saturated heterocycles. The van der Waals surface area contributed by atoms with Gasteiger partial charge in [0.25, 0.3) is 0 Å². The molecule has 5 atom stereocenters. The average molecular weight is 504 g/mol. The summed E-state index contributed by atoms with van der Waals surface area (Å²) < 4.78 is 5.82. The molecule has 3 amide bonds. The zero-order chi connectivity index (χ0) is 26.7. The molecule has 0 aliphatic carbocycles. The molecule has 0 unspecified atom stereocenters. The third-order valence-electron chi connectivity index (χ3n) is 6.36. The van der Waals surface area contributed by atoms with Crippen LogP contribution in [0.3, 0.4) is 0 Å². The molecule has 1 aliphatic heterocycles. The van der Waals surface area contributed by atoms with Gasteiger partial charge in [-0.05, 0) is 30.2 Å². The van der Waals surface area contributed by atoms with Crippen molar-refractivity contribution in [3.8, 4) is 0 Å². The van der Waals surface area contributed by atoms with E-state index in [1.165, 1.54) is 0 Å². The van der Waals surface area contributed by atoms with Crippen LogP contribution in [0, 0.1) is 11.8 Å². The molecule has 0 spiro atoms. The fraction of sp³-hybridized carbons (Fsp3) is 0.630. The Morgan fingerprint density at radius 2 is 1.58 bits per heavy atom. The second-order valence-corrected chi connectivity index (χ2v) is 10.0. The minimum atomic E-state index is -1.28. The van der Waals surface area contributed by atoms with E-state index in [2.05, 4.69) is 22.9 Å². The predicted octanol–water partition coefficient (Wildman–Crippen LogP) is 1.86. The number of cyclic esters (lactones) is 1. The van der Waals surface area contributed by atoms with Crippen molar-refractivity contribution in [1.82, 2.24) is 16.0 Å². The Hall–Kier alpha value is -2.94. The summed E-state index contributed by atoms with van der Waals surface area (Å²) in [7, 11) is 0. The highest BCUT2D eigenvalue weighted by Crippen LogP contribution is 2.20. The summed E-state index contributed by atoms with van der Waals surface area (Å²) in [4.78, 5) is 52.3. The molecule has 9 nitrogen and oxygen atoms in total. The van der Waals surface area contributed by atoms with Crippen molar-refractivity contribution >= 4 is 23.7 Å². The third-order valence-corrected chi connectivity index (χ3v) is 6.36. The lowest BCUT2D eigenvalue weighted by Gasteiger charge is -2.27. The Kier molecular flexibility index (Phi) is 11.9. The Balaban J connectivity index is 2.39. The molecule has 9 heteroatoms. The van der Waals surface area contributed by atoms with Crippen LogP contribution in [-0.4, -0.2) is 59.6 Å². The van der Waals surface area contributed by atoms with Gasteiger partial charge in [0.1, 0.15) is 24.2 Å². The van der Waals surface area contributed by atoms with E-state index in [0.29, 0.717) is 6.42 Å². The van der Waals surface area contributed by atoms with Gasteiger partial charge in [0.2, 0.25) is 17.7 Å². The molecule has 36 heavy (non-hydrogen) atoms. The number of ether oxygens (including phenoxy) is 1. The van der Waals surface area contributed by atoms with Crippen LogP contribution in [0.5, 0.6) is 0 Å². The maximum atomic E-state index is 13.1. The lowest BCUT2D eigenvalue weighted by atomic mass is 9.95. The van der Waals surface area contributed by atoms with Crippen LogP contribution in [0.15, 0.2) is 30.3 Å². The summed E-state index contributed by atoms with van der Waals surface area (Å²) in [5.41, 5.74) is 0.823. The SMILES string of the molecule is CCCC[C@H](C)[C@@H]1CC(=O)N[C@H](Cc2ccccc2)C(=O)N[C@@H](CO)C(=O)N[C@H](CC(C)C)C(=O)O1. The number of rotatable bonds is 9. The molecule has 2 rings (SSSR count). The number of carbonyl (C=O) groups is 4. The van der Waals surface area contributed by atoms with E-state index in [1.807, 2.05) is 51.1 Å². The van der Waals surface area contributed by atoms with Gasteiger partial charge in [-0.25, -0.2) is 4.79 Å². The number of hydrogen-bond donors (Lipinski definition) is 4. The summed E-state index contributed by atoms with van der Waals surface area (Å²) in [5.74, 6) is -2.35. The third kappa shape index (κ3) is 9.26. The standard InChI is InChI=1S/C27H41N3O6/c1-5-6-10-18(4)23-15-24(32)28-20(14-19-11-8-7-9-12-19)25(33)30-22(16-31)26(34)29-21(13-17(2)3)27(35)36-23/h7-9,11-12,17-18,20-23,31H,5-6,10,13-16H2,1-4H3,(H,28,32)(H,29,34)(H,30,33)/t18-,20+,21+,22-,23-/m0/s1. The fourth-order valence-corrected chi connectivity index (χ4v) is 4.22. The van der Waals surface area contributed by atoms with Gasteiger partial charge in [0, 0.05) is 6.42 Å². The van der Waals surface area contributed by atoms with E-state index < -0.39 is 54.5 Å². The molecular weight excluding hydrogens is 462 g/mol. The van der Waals surface area contributed by atoms with Crippen LogP contribution in [0.25, 0.3) is 0 Å². The van der Waals surface area contributed by atoms with Crippen molar-refractivity contribution in [2.45, 2.75) is 90.4 Å². The molecule has 1 aliphatic rings. The Morgan fingerprint density at radius 1 is 0.944 bits per heavy atom. The maximum Gasteiger partial charge on any atom is 0.328 e. The van der Waals surface area contributed by atoms with E-state index in [-0.39, 0.29) is 24.7 Å². The van der Waals surface area contributed by atoms with Crippen molar-refractivity contribution in [2.24, 2.45) is 11.8 Å². The van der Waals surface area contributed by atoms with Crippen LogP contribution in [0.4, 0.5) is 0 Å². The van der Waals surface area contributed by atoms with E-state index in [4.69, 9.17) is 4.74 Å². The second kappa shape index (κ2) is 14.6. The molecular formula is C27H41N3O6. The van der Waals surface area contributed by atoms with E-state index >= 15 is 0 Å². The number of benzene rings is 1. The van der Waals surface area contributed by atoms with Crippen molar-refractivity contribution in [3.63, 3.8) is 0 Å². The number of aliphatic hydroxyl groups is 1. The molecule has 0 radical (unpaired) electrons. The number of aliphatic hydroxyl groups excluding tert-OH is 1. The minimum Gasteiger partial charge on any atom is -0.460 e. The summed E-state index contributed by atoms with van der Waals surface area (Å²) in [6, 6.07) is 5.97. The van der Waals surface area contributed by atoms with Gasteiger partial charge in [-0.2, -0.15) is 0 Å². The highest BCUT2D eigenvalue weighted by molar-refractivity contribution is 5.94. The Morgan fingerprint density at radius 3 is 2.19 bits per heavy atom. The smallest absolute Gasteiger partial charge is 0.328 e. The first-order valence-corrected chi connectivity index (χ1v) is 12.9. The number of amides is 3. The van der Waals surface area contributed by atoms with Crippen LogP contribution >= 0.6 is 0 Å². The molecule has 200 valence electrons. The van der Waals surface area contributed by atoms with Crippen LogP contribution in [0.2, 0.25) is 0 Å². The first kappa shape index (κ1) is 29.3. The Bertz CT molecular complexity index is 876. The van der Waals surface area contributed by atoms with Gasteiger partial charge in [-0.3, -0.25) is 14.4 Å². The molecule has 1 heterocycles. The average Bonchev–Trinajstić information content (AvgIpc) is 2.84. The predicted molar refractivity (Wildman–Crippen MR) is 136 cm³/mol. The van der Waals surface area contributed by atoms with E-state index in [0.717, 1.165) is 24.8 Å². The summed E-state index contributed by atoms with van der Waals surface area (Å²) in [6.07, 6.45) is 2.36. The lowest BCUT2D eigenvalue weighted by molar-refractivity contribution is -0.157. The number of hydrogen-bond acceptors (Lipinski definition) is 6. The van der Waals surface area contributed by atoms with Gasteiger partial charge < -0.3 is 25.8 Å². The molecule has 4 N–H and O–H groups in total. The van der Waals surface area contributed by atoms with Crippen LogP contribution < -0.4 is 16.0 Å². The Labute approximate surface area is 213 Å². The number of unbranched alkanes of at least 4 members (excludes halogenated alkanes) is 1. The molecule has 0 aromatic heterocycles. The number of nitrogens with one attached hydrogen (secondary N) is 3. The summed E-state index contributed by atoms with van der Waals surface area (Å²) in [5, 5.41) is 17.7. The quantitative estimate of drug-likeness (QED) is 0.380. The van der Waals surface area contributed by atoms with Crippen LogP contribution in [-0.2, 0) is 30.3 Å². The first-order chi connectivity index (χ1) is 17.1. The first-order valence-electron chi connectivity index (χ1n) is 12.9. The molecule has 1 aromatic carbocycles. The number of carbonyl (C=O) groups excluding carboxylic acids is 4. The van der Waals surface area contributed by atoms with Crippen molar-refractivity contribution in [2.75, 3.05) is 6.61 Å². The molecule has 0 bridgehead atoms. The largest absolute Gasteiger partial charge is 0.460 e. The van der Waals surface area contributed by atoms with Gasteiger partial charge in [0.05, 0.1) is 13.0 Å². The van der Waals surface area contributed by atoms with Crippen molar-refractivity contribution < 1.29 is 29.0 Å². The maximum absolute atomic E-state index is 13.1. The van der Waals surface area contributed by atoms with Gasteiger partial charge in [-0.15, -0.1) is 0 Å². The highest BCUT2D eigenvalue weighted by atomic mass is 16.5. The number of esters is 1. The van der Waals surface area contributed by atoms with Gasteiger partial charge >= 0.3 is 5.97 Å². The van der Waals surface area contributed by atoms with Crippen molar-refractivity contribution in [1.29, 1.82) is 0 Å². The summed E-state index contributed by atoms with van der Waals surface area (Å²) in [6.45, 7) is 7.16. The van der Waals surface area contributed by atoms with Crippen LogP contribution in [0.1, 0.15) is 65.4 Å². The topological polar surface area (TPSA) is 134 Å². The van der Waals surface area contributed by atoms with E-state index in [9.17, 15) is 24.3 Å². The lowest BCUT2D eigenvalue weighted by Crippen LogP contribution is -2.57. The summed E-state index contributed by atoms with van der Waals surface area (Å²) >= 11 is 0. The highest BCUT2D eigenvalue weighted by Gasteiger charge is 2.34. The zero-order valence-corrected chi connectivity index (χ0v) is 21.8. The zero-order valence-electron chi connectivity index (χ0n) is 21.8. The molecule has 1 aromatic rings. The normalized spacial score (nSPS) is 24.9. The monoisotopic (exact) mass is 503 g/mol. The molecule has 1 fully saturated rings. The molecule has 0 saturated carbocycles. The van der Waals surface area contributed by atoms with Crippen molar-refractivity contribution in [3.05, 3.63) is 35.9 Å². The van der Waals surface area contributed by atoms with Gasteiger partial charge in [-0.1, -0.05) is 70.9 Å².